The zero-order chi connectivity index (χ0) is 22.3. The lowest BCUT2D eigenvalue weighted by molar-refractivity contribution is -0.119. The molecule has 0 fully saturated rings. The number of hydrogen-bond donors (Lipinski definition) is 1. The highest BCUT2D eigenvalue weighted by Gasteiger charge is 2.27. The highest BCUT2D eigenvalue weighted by molar-refractivity contribution is 7.98. The Kier molecular flexibility index (Phi) is 7.43. The minimum absolute atomic E-state index is 0.0181. The quantitative estimate of drug-likeness (QED) is 0.316. The summed E-state index contributed by atoms with van der Waals surface area (Å²) in [5.41, 5.74) is 3.29. The van der Waals surface area contributed by atoms with Gasteiger partial charge in [0, 0.05) is 4.90 Å². The number of carbonyl (C=O) groups is 1. The molecule has 1 N–H and O–H groups in total. The number of carbonyl (C=O) groups excluding carboxylic acids is 1. The zero-order valence-corrected chi connectivity index (χ0v) is 18.2. The number of amides is 1. The van der Waals surface area contributed by atoms with Crippen LogP contribution in [0.1, 0.15) is 5.56 Å². The molecule has 0 aliphatic carbocycles. The van der Waals surface area contributed by atoms with E-state index in [-0.39, 0.29) is 10.6 Å². The van der Waals surface area contributed by atoms with E-state index in [4.69, 9.17) is 0 Å². The number of anilines is 1. The number of thioether (sulfide) groups is 1. The molecule has 0 saturated carbocycles. The van der Waals surface area contributed by atoms with Crippen molar-refractivity contribution in [2.24, 2.45) is 5.10 Å². The predicted molar refractivity (Wildman–Crippen MR) is 121 cm³/mol. The number of sulfonamides is 1. The zero-order valence-electron chi connectivity index (χ0n) is 16.6. The number of nitrogens with one attached hydrogen (secondary N) is 1. The van der Waals surface area contributed by atoms with Gasteiger partial charge in [0.05, 0.1) is 16.8 Å². The summed E-state index contributed by atoms with van der Waals surface area (Å²) in [5, 5.41) is 3.90. The van der Waals surface area contributed by atoms with Crippen molar-refractivity contribution in [1.29, 1.82) is 0 Å². The van der Waals surface area contributed by atoms with Crippen LogP contribution in [-0.4, -0.2) is 33.3 Å². The number of hydrogen-bond acceptors (Lipinski definition) is 5. The van der Waals surface area contributed by atoms with Gasteiger partial charge in [-0.05, 0) is 60.4 Å². The van der Waals surface area contributed by atoms with Gasteiger partial charge in [-0.15, -0.1) is 11.8 Å². The van der Waals surface area contributed by atoms with Crippen LogP contribution < -0.4 is 9.73 Å². The fourth-order valence-electron chi connectivity index (χ4n) is 2.68. The summed E-state index contributed by atoms with van der Waals surface area (Å²) in [5.74, 6) is -1.15. The number of benzene rings is 3. The van der Waals surface area contributed by atoms with Crippen LogP contribution in [0.15, 0.2) is 93.8 Å². The van der Waals surface area contributed by atoms with E-state index >= 15 is 0 Å². The third kappa shape index (κ3) is 5.93. The second kappa shape index (κ2) is 10.2. The molecule has 0 aliphatic rings. The standard InChI is InChI=1S/C22H20FN3O3S2/c1-30-20-13-7-17(8-14-20)15-24-25-22(27)16-26(19-11-9-18(23)10-12-19)31(28,29)21-5-3-2-4-6-21/h2-15H,16H2,1H3,(H,25,27)/b24-15+. The Balaban J connectivity index is 1.78. The van der Waals surface area contributed by atoms with Crippen LogP contribution in [0, 0.1) is 5.82 Å². The molecule has 3 aromatic rings. The minimum Gasteiger partial charge on any atom is -0.271 e. The monoisotopic (exact) mass is 457 g/mol. The van der Waals surface area contributed by atoms with E-state index in [1.54, 1.807) is 30.0 Å². The van der Waals surface area contributed by atoms with Crippen molar-refractivity contribution < 1.29 is 17.6 Å². The lowest BCUT2D eigenvalue weighted by atomic mass is 10.2. The molecule has 3 rings (SSSR count). The average Bonchev–Trinajstić information content (AvgIpc) is 2.79. The Morgan fingerprint density at radius 2 is 1.68 bits per heavy atom. The average molecular weight is 458 g/mol. The molecule has 0 spiro atoms. The topological polar surface area (TPSA) is 78.8 Å². The summed E-state index contributed by atoms with van der Waals surface area (Å²) in [6.45, 7) is -0.522. The Labute approximate surface area is 184 Å². The van der Waals surface area contributed by atoms with Crippen molar-refractivity contribution in [3.63, 3.8) is 0 Å². The van der Waals surface area contributed by atoms with Crippen molar-refractivity contribution in [3.05, 3.63) is 90.2 Å². The number of nitrogens with zero attached hydrogens (tertiary/aromatic N) is 2. The van der Waals surface area contributed by atoms with E-state index in [1.807, 2.05) is 30.5 Å². The first-order valence-electron chi connectivity index (χ1n) is 9.19. The SMILES string of the molecule is CSc1ccc(/C=N/NC(=O)CN(c2ccc(F)cc2)S(=O)(=O)c2ccccc2)cc1. The second-order valence-electron chi connectivity index (χ2n) is 6.37. The first-order chi connectivity index (χ1) is 14.9. The molecule has 0 saturated heterocycles. The first-order valence-corrected chi connectivity index (χ1v) is 11.9. The van der Waals surface area contributed by atoms with Gasteiger partial charge in [-0.25, -0.2) is 18.2 Å². The van der Waals surface area contributed by atoms with E-state index in [9.17, 15) is 17.6 Å². The maximum Gasteiger partial charge on any atom is 0.264 e. The normalized spacial score (nSPS) is 11.4. The lowest BCUT2D eigenvalue weighted by Gasteiger charge is -2.23. The molecule has 6 nitrogen and oxygen atoms in total. The number of hydrazone groups is 1. The first kappa shape index (κ1) is 22.5. The molecule has 31 heavy (non-hydrogen) atoms. The van der Waals surface area contributed by atoms with Crippen molar-refractivity contribution in [3.8, 4) is 0 Å². The fraction of sp³-hybridized carbons (Fsp3) is 0.0909. The summed E-state index contributed by atoms with van der Waals surface area (Å²) in [7, 11) is -4.05. The van der Waals surface area contributed by atoms with E-state index in [2.05, 4.69) is 10.5 Å². The molecular weight excluding hydrogens is 437 g/mol. The van der Waals surface area contributed by atoms with Crippen molar-refractivity contribution in [2.45, 2.75) is 9.79 Å². The molecule has 0 aliphatic heterocycles. The molecular formula is C22H20FN3O3S2. The smallest absolute Gasteiger partial charge is 0.264 e. The molecule has 0 radical (unpaired) electrons. The molecule has 0 bridgehead atoms. The second-order valence-corrected chi connectivity index (χ2v) is 9.11. The molecule has 0 unspecified atom stereocenters. The van der Waals surface area contributed by atoms with Gasteiger partial charge in [-0.2, -0.15) is 5.10 Å². The third-order valence-corrected chi connectivity index (χ3v) is 6.78. The summed E-state index contributed by atoms with van der Waals surface area (Å²) < 4.78 is 40.5. The van der Waals surface area contributed by atoms with Gasteiger partial charge in [-0.1, -0.05) is 30.3 Å². The van der Waals surface area contributed by atoms with Crippen LogP contribution in [0.2, 0.25) is 0 Å². The third-order valence-electron chi connectivity index (χ3n) is 4.25. The van der Waals surface area contributed by atoms with Crippen LogP contribution in [0.4, 0.5) is 10.1 Å². The van der Waals surface area contributed by atoms with Gasteiger partial charge in [0.15, 0.2) is 0 Å². The van der Waals surface area contributed by atoms with Crippen LogP contribution >= 0.6 is 11.8 Å². The highest BCUT2D eigenvalue weighted by atomic mass is 32.2. The molecule has 1 amide bonds. The van der Waals surface area contributed by atoms with Crippen LogP contribution in [0.25, 0.3) is 0 Å². The lowest BCUT2D eigenvalue weighted by Crippen LogP contribution is -2.39. The molecule has 0 atom stereocenters. The van der Waals surface area contributed by atoms with Crippen LogP contribution in [-0.2, 0) is 14.8 Å². The Hall–Kier alpha value is -3.17. The van der Waals surface area contributed by atoms with E-state index < -0.39 is 28.3 Å². The van der Waals surface area contributed by atoms with Gasteiger partial charge in [0.2, 0.25) is 0 Å². The van der Waals surface area contributed by atoms with Gasteiger partial charge in [-0.3, -0.25) is 9.10 Å². The van der Waals surface area contributed by atoms with E-state index in [0.29, 0.717) is 0 Å². The highest BCUT2D eigenvalue weighted by Crippen LogP contribution is 2.23. The summed E-state index contributed by atoms with van der Waals surface area (Å²) in [6, 6.07) is 20.2. The Morgan fingerprint density at radius 3 is 2.29 bits per heavy atom. The molecule has 0 aromatic heterocycles. The van der Waals surface area contributed by atoms with Crippen molar-refractivity contribution in [1.82, 2.24) is 5.43 Å². The molecule has 160 valence electrons. The summed E-state index contributed by atoms with van der Waals surface area (Å²) >= 11 is 1.61. The van der Waals surface area contributed by atoms with Crippen molar-refractivity contribution in [2.75, 3.05) is 17.1 Å². The summed E-state index contributed by atoms with van der Waals surface area (Å²) in [6.07, 6.45) is 3.44. The van der Waals surface area contributed by atoms with Gasteiger partial charge in [0.25, 0.3) is 15.9 Å². The molecule has 3 aromatic carbocycles. The number of halogens is 1. The van der Waals surface area contributed by atoms with Crippen LogP contribution in [0.3, 0.4) is 0 Å². The van der Waals surface area contributed by atoms with Crippen molar-refractivity contribution >= 4 is 39.6 Å². The van der Waals surface area contributed by atoms with E-state index in [0.717, 1.165) is 26.9 Å². The van der Waals surface area contributed by atoms with Gasteiger partial charge in [0.1, 0.15) is 12.4 Å². The Morgan fingerprint density at radius 1 is 1.03 bits per heavy atom. The number of rotatable bonds is 8. The largest absolute Gasteiger partial charge is 0.271 e. The van der Waals surface area contributed by atoms with Gasteiger partial charge >= 0.3 is 0 Å². The minimum atomic E-state index is -4.05. The maximum absolute atomic E-state index is 13.3. The molecule has 9 heteroatoms. The van der Waals surface area contributed by atoms with Gasteiger partial charge < -0.3 is 0 Å². The fourth-order valence-corrected chi connectivity index (χ4v) is 4.53. The summed E-state index contributed by atoms with van der Waals surface area (Å²) in [4.78, 5) is 13.6. The maximum atomic E-state index is 13.3. The van der Waals surface area contributed by atoms with Crippen LogP contribution in [0.5, 0.6) is 0 Å². The predicted octanol–water partition coefficient (Wildman–Crippen LogP) is 3.89. The molecule has 0 heterocycles. The Bertz CT molecular complexity index is 1150. The van der Waals surface area contributed by atoms with E-state index in [1.165, 1.54) is 30.5 Å².